The Morgan fingerprint density at radius 3 is 2.60 bits per heavy atom. The summed E-state index contributed by atoms with van der Waals surface area (Å²) < 4.78 is 65.9. The lowest BCUT2D eigenvalue weighted by atomic mass is 10.3. The third-order valence-corrected chi connectivity index (χ3v) is 3.06. The van der Waals surface area contributed by atoms with Crippen molar-refractivity contribution in [1.82, 2.24) is 9.71 Å². The van der Waals surface area contributed by atoms with Gasteiger partial charge in [-0.05, 0) is 12.5 Å². The maximum absolute atomic E-state index is 12.4. The van der Waals surface area contributed by atoms with Gasteiger partial charge in [-0.15, -0.1) is 0 Å². The molecule has 1 aromatic rings. The van der Waals surface area contributed by atoms with Gasteiger partial charge < -0.3 is 4.74 Å². The molecule has 0 spiro atoms. The second-order valence-corrected chi connectivity index (χ2v) is 6.12. The highest BCUT2D eigenvalue weighted by molar-refractivity contribution is 7.88. The van der Waals surface area contributed by atoms with E-state index in [4.69, 9.17) is 16.3 Å². The Balaban J connectivity index is 2.49. The van der Waals surface area contributed by atoms with E-state index in [1.807, 2.05) is 0 Å². The fraction of sp³-hybridized carbons (Fsp3) is 0.500. The molecule has 0 amide bonds. The third kappa shape index (κ3) is 5.93. The van der Waals surface area contributed by atoms with Gasteiger partial charge in [0.2, 0.25) is 15.9 Å². The Labute approximate surface area is 119 Å². The first-order valence-electron chi connectivity index (χ1n) is 5.40. The van der Waals surface area contributed by atoms with Gasteiger partial charge in [-0.3, -0.25) is 0 Å². The zero-order valence-corrected chi connectivity index (χ0v) is 11.9. The SMILES string of the molecule is CS(=O)(=O)NCCCOc1ncc(C(F)(F)F)cc1Cl. The van der Waals surface area contributed by atoms with Gasteiger partial charge in [0, 0.05) is 12.7 Å². The molecule has 1 heterocycles. The minimum atomic E-state index is -4.52. The van der Waals surface area contributed by atoms with E-state index in [0.717, 1.165) is 12.3 Å². The summed E-state index contributed by atoms with van der Waals surface area (Å²) in [7, 11) is -3.27. The Morgan fingerprint density at radius 1 is 1.45 bits per heavy atom. The van der Waals surface area contributed by atoms with Gasteiger partial charge >= 0.3 is 6.18 Å². The van der Waals surface area contributed by atoms with E-state index in [9.17, 15) is 21.6 Å². The molecule has 0 atom stereocenters. The van der Waals surface area contributed by atoms with Crippen molar-refractivity contribution in [1.29, 1.82) is 0 Å². The van der Waals surface area contributed by atoms with Crippen LogP contribution in [0.25, 0.3) is 0 Å². The quantitative estimate of drug-likeness (QED) is 0.810. The highest BCUT2D eigenvalue weighted by atomic mass is 35.5. The number of pyridine rings is 1. The van der Waals surface area contributed by atoms with Crippen molar-refractivity contribution in [3.8, 4) is 5.88 Å². The van der Waals surface area contributed by atoms with Crippen molar-refractivity contribution in [2.45, 2.75) is 12.6 Å². The lowest BCUT2D eigenvalue weighted by Gasteiger charge is -2.10. The smallest absolute Gasteiger partial charge is 0.417 e. The average molecular weight is 333 g/mol. The van der Waals surface area contributed by atoms with Crippen LogP contribution in [0, 0.1) is 0 Å². The minimum absolute atomic E-state index is 0.0700. The number of ether oxygens (including phenoxy) is 1. The highest BCUT2D eigenvalue weighted by Gasteiger charge is 2.31. The Bertz CT molecular complexity index is 563. The Kier molecular flexibility index (Phi) is 5.60. The number of alkyl halides is 3. The molecule has 0 saturated carbocycles. The number of hydrogen-bond donors (Lipinski definition) is 1. The summed E-state index contributed by atoms with van der Waals surface area (Å²) in [4.78, 5) is 3.48. The second kappa shape index (κ2) is 6.59. The first-order valence-corrected chi connectivity index (χ1v) is 7.67. The zero-order valence-electron chi connectivity index (χ0n) is 10.4. The number of aromatic nitrogens is 1. The Hall–Kier alpha value is -1.06. The maximum atomic E-state index is 12.4. The van der Waals surface area contributed by atoms with Gasteiger partial charge in [0.05, 0.1) is 18.4 Å². The molecule has 0 aliphatic rings. The number of sulfonamides is 1. The van der Waals surface area contributed by atoms with Crippen LogP contribution in [-0.2, 0) is 16.2 Å². The van der Waals surface area contributed by atoms with E-state index in [2.05, 4.69) is 9.71 Å². The van der Waals surface area contributed by atoms with E-state index in [1.165, 1.54) is 0 Å². The van der Waals surface area contributed by atoms with Crippen LogP contribution in [-0.4, -0.2) is 32.8 Å². The summed E-state index contributed by atoms with van der Waals surface area (Å²) in [6, 6.07) is 0.721. The molecule has 0 fully saturated rings. The van der Waals surface area contributed by atoms with Gasteiger partial charge in [0.1, 0.15) is 5.02 Å². The lowest BCUT2D eigenvalue weighted by molar-refractivity contribution is -0.137. The summed E-state index contributed by atoms with van der Waals surface area (Å²) in [6.45, 7) is 0.220. The lowest BCUT2D eigenvalue weighted by Crippen LogP contribution is -2.24. The van der Waals surface area contributed by atoms with Crippen LogP contribution in [0.5, 0.6) is 5.88 Å². The number of nitrogens with one attached hydrogen (secondary N) is 1. The molecule has 114 valence electrons. The van der Waals surface area contributed by atoms with E-state index >= 15 is 0 Å². The summed E-state index contributed by atoms with van der Waals surface area (Å²) in [5.74, 6) is -0.126. The first kappa shape index (κ1) is 17.0. The fourth-order valence-corrected chi connectivity index (χ4v) is 1.92. The van der Waals surface area contributed by atoms with Crippen LogP contribution in [0.2, 0.25) is 5.02 Å². The van der Waals surface area contributed by atoms with Crippen LogP contribution in [0.1, 0.15) is 12.0 Å². The molecule has 20 heavy (non-hydrogen) atoms. The standard InChI is InChI=1S/C10H12ClF3N2O3S/c1-20(17,18)16-3-2-4-19-9-8(11)5-7(6-15-9)10(12,13)14/h5-6,16H,2-4H2,1H3. The van der Waals surface area contributed by atoms with Crippen molar-refractivity contribution in [2.24, 2.45) is 0 Å². The number of nitrogens with zero attached hydrogens (tertiary/aromatic N) is 1. The van der Waals surface area contributed by atoms with Gasteiger partial charge in [-0.2, -0.15) is 13.2 Å². The van der Waals surface area contributed by atoms with E-state index < -0.39 is 21.8 Å². The molecule has 5 nitrogen and oxygen atoms in total. The second-order valence-electron chi connectivity index (χ2n) is 3.88. The monoisotopic (exact) mass is 332 g/mol. The van der Waals surface area contributed by atoms with Crippen LogP contribution in [0.3, 0.4) is 0 Å². The molecular weight excluding hydrogens is 321 g/mol. The van der Waals surface area contributed by atoms with Crippen molar-refractivity contribution in [3.05, 3.63) is 22.8 Å². The summed E-state index contributed by atoms with van der Waals surface area (Å²) >= 11 is 5.62. The third-order valence-electron chi connectivity index (χ3n) is 2.06. The molecule has 1 N–H and O–H groups in total. The molecule has 0 aliphatic carbocycles. The van der Waals surface area contributed by atoms with Gasteiger partial charge in [-0.1, -0.05) is 11.6 Å². The number of rotatable bonds is 6. The van der Waals surface area contributed by atoms with Crippen LogP contribution in [0.4, 0.5) is 13.2 Å². The molecule has 10 heteroatoms. The van der Waals surface area contributed by atoms with E-state index in [-0.39, 0.29) is 24.1 Å². The van der Waals surface area contributed by atoms with Crippen LogP contribution in [0.15, 0.2) is 12.3 Å². The molecule has 0 aromatic carbocycles. The van der Waals surface area contributed by atoms with Crippen molar-refractivity contribution < 1.29 is 26.3 Å². The number of halogens is 4. The molecule has 0 aliphatic heterocycles. The average Bonchev–Trinajstić information content (AvgIpc) is 2.27. The summed E-state index contributed by atoms with van der Waals surface area (Å²) in [5.41, 5.74) is -0.964. The minimum Gasteiger partial charge on any atom is -0.477 e. The molecule has 0 bridgehead atoms. The van der Waals surface area contributed by atoms with Gasteiger partial charge in [0.25, 0.3) is 0 Å². The predicted molar refractivity (Wildman–Crippen MR) is 67.2 cm³/mol. The molecule has 1 rings (SSSR count). The van der Waals surface area contributed by atoms with Crippen LogP contribution < -0.4 is 9.46 Å². The summed E-state index contributed by atoms with van der Waals surface area (Å²) in [6.07, 6.45) is -2.56. The van der Waals surface area contributed by atoms with Crippen molar-refractivity contribution in [2.75, 3.05) is 19.4 Å². The van der Waals surface area contributed by atoms with Gasteiger partial charge in [0.15, 0.2) is 0 Å². The molecule has 0 unspecified atom stereocenters. The molecule has 1 aromatic heterocycles. The van der Waals surface area contributed by atoms with Crippen molar-refractivity contribution >= 4 is 21.6 Å². The molecule has 0 saturated heterocycles. The highest BCUT2D eigenvalue weighted by Crippen LogP contribution is 2.32. The predicted octanol–water partition coefficient (Wildman–Crippen LogP) is 2.07. The van der Waals surface area contributed by atoms with Crippen LogP contribution >= 0.6 is 11.6 Å². The molecule has 0 radical (unpaired) electrons. The number of hydrogen-bond acceptors (Lipinski definition) is 4. The molecular formula is C10H12ClF3N2O3S. The van der Waals surface area contributed by atoms with E-state index in [1.54, 1.807) is 0 Å². The fourth-order valence-electron chi connectivity index (χ4n) is 1.19. The first-order chi connectivity index (χ1) is 9.09. The van der Waals surface area contributed by atoms with E-state index in [0.29, 0.717) is 12.6 Å². The van der Waals surface area contributed by atoms with Gasteiger partial charge in [-0.25, -0.2) is 18.1 Å². The van der Waals surface area contributed by atoms with Crippen molar-refractivity contribution in [3.63, 3.8) is 0 Å². The Morgan fingerprint density at radius 2 is 2.10 bits per heavy atom. The maximum Gasteiger partial charge on any atom is 0.417 e. The summed E-state index contributed by atoms with van der Waals surface area (Å²) in [5, 5.41) is -0.254. The zero-order chi connectivity index (χ0) is 15.4. The normalized spacial score (nSPS) is 12.4. The largest absolute Gasteiger partial charge is 0.477 e. The topological polar surface area (TPSA) is 68.3 Å².